The van der Waals surface area contributed by atoms with Crippen molar-refractivity contribution in [3.05, 3.63) is 113 Å². The molecule has 3 aliphatic carbocycles. The van der Waals surface area contributed by atoms with Gasteiger partial charge in [0.05, 0.1) is 11.5 Å². The first kappa shape index (κ1) is 21.3. The van der Waals surface area contributed by atoms with Crippen molar-refractivity contribution in [2.75, 3.05) is 0 Å². The molecule has 0 radical (unpaired) electrons. The lowest BCUT2D eigenvalue weighted by Gasteiger charge is -2.47. The Morgan fingerprint density at radius 2 is 1.09 bits per heavy atom. The first-order valence-electron chi connectivity index (χ1n) is 12.1. The van der Waals surface area contributed by atoms with Crippen LogP contribution in [0.1, 0.15) is 44.4 Å². The fourth-order valence-electron chi connectivity index (χ4n) is 7.94. The van der Waals surface area contributed by atoms with Crippen LogP contribution in [0.25, 0.3) is 16.7 Å². The van der Waals surface area contributed by atoms with Gasteiger partial charge in [0, 0.05) is 16.7 Å². The van der Waals surface area contributed by atoms with Crippen LogP contribution >= 0.6 is 0 Å². The van der Waals surface area contributed by atoms with E-state index in [1.165, 1.54) is 5.57 Å². The number of hydrogen-bond donors (Lipinski definition) is 1. The normalized spacial score (nSPS) is 34.2. The second kappa shape index (κ2) is 6.90. The molecule has 3 aliphatic rings. The van der Waals surface area contributed by atoms with Crippen LogP contribution in [-0.2, 0) is 4.79 Å². The van der Waals surface area contributed by atoms with Crippen molar-refractivity contribution in [1.29, 1.82) is 0 Å². The number of rotatable bonds is 3. The van der Waals surface area contributed by atoms with Gasteiger partial charge in [-0.25, -0.2) is 0 Å². The summed E-state index contributed by atoms with van der Waals surface area (Å²) in [7, 11) is 0. The Hall–Kier alpha value is -3.23. The molecule has 0 saturated heterocycles. The Balaban J connectivity index is 1.73. The highest BCUT2D eigenvalue weighted by atomic mass is 16.3. The number of aliphatic hydroxyl groups excluding tert-OH is 1. The van der Waals surface area contributed by atoms with Crippen molar-refractivity contribution >= 4 is 22.5 Å². The van der Waals surface area contributed by atoms with Crippen molar-refractivity contribution in [3.63, 3.8) is 0 Å². The van der Waals surface area contributed by atoms with Gasteiger partial charge in [-0.05, 0) is 45.9 Å². The summed E-state index contributed by atoms with van der Waals surface area (Å²) in [5.41, 5.74) is 5.44. The van der Waals surface area contributed by atoms with Gasteiger partial charge in [0.2, 0.25) is 0 Å². The lowest BCUT2D eigenvalue weighted by Crippen LogP contribution is -2.46. The van der Waals surface area contributed by atoms with Gasteiger partial charge in [0.15, 0.2) is 5.78 Å². The van der Waals surface area contributed by atoms with E-state index in [0.29, 0.717) is 0 Å². The molecule has 0 amide bonds. The summed E-state index contributed by atoms with van der Waals surface area (Å²) in [6.45, 7) is 8.42. The van der Waals surface area contributed by atoms with Crippen LogP contribution < -0.4 is 0 Å². The van der Waals surface area contributed by atoms with Crippen molar-refractivity contribution in [3.8, 4) is 0 Å². The first-order chi connectivity index (χ1) is 16.3. The van der Waals surface area contributed by atoms with Gasteiger partial charge in [0.1, 0.15) is 0 Å². The SMILES string of the molecule is CC1=C(c2ccccc2)C2C3(C)C(c4ccccc4)=C(c4ccccc4)C(C)(C3O)C2(C)C1=O. The summed E-state index contributed by atoms with van der Waals surface area (Å²) in [5, 5.41) is 12.2. The van der Waals surface area contributed by atoms with Crippen LogP contribution in [0.4, 0.5) is 0 Å². The van der Waals surface area contributed by atoms with E-state index in [-0.39, 0.29) is 11.7 Å². The second-order valence-electron chi connectivity index (χ2n) is 10.7. The lowest BCUT2D eigenvalue weighted by molar-refractivity contribution is -0.129. The van der Waals surface area contributed by atoms with Crippen LogP contribution in [-0.4, -0.2) is 17.0 Å². The van der Waals surface area contributed by atoms with E-state index >= 15 is 0 Å². The Labute approximate surface area is 201 Å². The minimum Gasteiger partial charge on any atom is -0.391 e. The molecule has 0 aromatic heterocycles. The topological polar surface area (TPSA) is 37.3 Å². The van der Waals surface area contributed by atoms with Gasteiger partial charge < -0.3 is 5.11 Å². The smallest absolute Gasteiger partial charge is 0.166 e. The number of carbonyl (C=O) groups is 1. The predicted octanol–water partition coefficient (Wildman–Crippen LogP) is 6.68. The molecule has 2 bridgehead atoms. The standard InChI is InChI=1S/C32H30O2/c1-20-24(21-14-8-5-9-15-21)27-30(2)25(22-16-10-6-11-17-22)26(23-18-12-7-13-19-23)31(3,29(30)34)32(27,4)28(20)33/h5-19,27,29,34H,1-4H3. The van der Waals surface area contributed by atoms with Crippen molar-refractivity contribution in [2.24, 2.45) is 22.2 Å². The van der Waals surface area contributed by atoms with Crippen molar-refractivity contribution in [2.45, 2.75) is 33.8 Å². The quantitative estimate of drug-likeness (QED) is 0.487. The fraction of sp³-hybridized carbons (Fsp3) is 0.281. The summed E-state index contributed by atoms with van der Waals surface area (Å²) in [4.78, 5) is 14.2. The maximum atomic E-state index is 14.2. The average Bonchev–Trinajstić information content (AvgIpc) is 3.26. The molecule has 34 heavy (non-hydrogen) atoms. The van der Waals surface area contributed by atoms with E-state index in [4.69, 9.17) is 0 Å². The van der Waals surface area contributed by atoms with Crippen LogP contribution in [0.3, 0.4) is 0 Å². The number of aliphatic hydroxyl groups is 1. The molecule has 2 heteroatoms. The zero-order chi connectivity index (χ0) is 23.9. The summed E-state index contributed by atoms with van der Waals surface area (Å²) in [5.74, 6) is 0.0553. The Morgan fingerprint density at radius 3 is 1.59 bits per heavy atom. The molecule has 1 fully saturated rings. The number of carbonyl (C=O) groups excluding carboxylic acids is 1. The van der Waals surface area contributed by atoms with Crippen LogP contribution in [0.5, 0.6) is 0 Å². The molecule has 3 aromatic carbocycles. The molecule has 1 saturated carbocycles. The minimum atomic E-state index is -0.736. The van der Waals surface area contributed by atoms with Crippen molar-refractivity contribution < 1.29 is 9.90 Å². The van der Waals surface area contributed by atoms with E-state index in [2.05, 4.69) is 69.3 Å². The van der Waals surface area contributed by atoms with E-state index < -0.39 is 22.3 Å². The van der Waals surface area contributed by atoms with Gasteiger partial charge in [-0.1, -0.05) is 112 Å². The lowest BCUT2D eigenvalue weighted by atomic mass is 9.53. The molecule has 6 rings (SSSR count). The van der Waals surface area contributed by atoms with Crippen LogP contribution in [0, 0.1) is 22.2 Å². The molecule has 170 valence electrons. The van der Waals surface area contributed by atoms with E-state index in [9.17, 15) is 9.90 Å². The molecule has 0 heterocycles. The largest absolute Gasteiger partial charge is 0.391 e. The van der Waals surface area contributed by atoms with Gasteiger partial charge in [-0.15, -0.1) is 0 Å². The number of benzene rings is 3. The number of allylic oxidation sites excluding steroid dienone is 2. The average molecular weight is 447 g/mol. The fourth-order valence-corrected chi connectivity index (χ4v) is 7.94. The second-order valence-corrected chi connectivity index (χ2v) is 10.7. The van der Waals surface area contributed by atoms with Gasteiger partial charge in [-0.2, -0.15) is 0 Å². The highest BCUT2D eigenvalue weighted by Crippen LogP contribution is 2.82. The summed E-state index contributed by atoms with van der Waals surface area (Å²) in [6, 6.07) is 31.1. The summed E-state index contributed by atoms with van der Waals surface area (Å²) in [6.07, 6.45) is -0.684. The highest BCUT2D eigenvalue weighted by molar-refractivity contribution is 6.17. The van der Waals surface area contributed by atoms with Gasteiger partial charge in [0.25, 0.3) is 0 Å². The number of ketones is 1. The molecular weight excluding hydrogens is 416 g/mol. The molecule has 0 spiro atoms. The van der Waals surface area contributed by atoms with Gasteiger partial charge in [-0.3, -0.25) is 4.79 Å². The van der Waals surface area contributed by atoms with Crippen LogP contribution in [0.15, 0.2) is 96.6 Å². The first-order valence-corrected chi connectivity index (χ1v) is 12.1. The van der Waals surface area contributed by atoms with Gasteiger partial charge >= 0.3 is 0 Å². The third-order valence-corrected chi connectivity index (χ3v) is 9.39. The number of hydrogen-bond acceptors (Lipinski definition) is 2. The predicted molar refractivity (Wildman–Crippen MR) is 138 cm³/mol. The molecule has 0 aliphatic heterocycles. The Kier molecular flexibility index (Phi) is 4.32. The molecule has 1 N–H and O–H groups in total. The zero-order valence-electron chi connectivity index (χ0n) is 20.2. The Morgan fingerprint density at radius 1 is 0.647 bits per heavy atom. The number of fused-ring (bicyclic) bond motifs is 5. The van der Waals surface area contributed by atoms with Crippen LogP contribution in [0.2, 0.25) is 0 Å². The highest BCUT2D eigenvalue weighted by Gasteiger charge is 2.80. The Bertz CT molecular complexity index is 1370. The maximum absolute atomic E-state index is 14.2. The molecular formula is C32H30O2. The third kappa shape index (κ3) is 2.23. The van der Waals surface area contributed by atoms with E-state index in [1.807, 2.05) is 49.4 Å². The third-order valence-electron chi connectivity index (χ3n) is 9.39. The molecule has 2 nitrogen and oxygen atoms in total. The summed E-state index contributed by atoms with van der Waals surface area (Å²) < 4.78 is 0. The summed E-state index contributed by atoms with van der Waals surface area (Å²) >= 11 is 0. The minimum absolute atomic E-state index is 0.113. The number of Topliss-reactive ketones (excluding diaryl/α,β-unsaturated/α-hetero) is 1. The maximum Gasteiger partial charge on any atom is 0.166 e. The monoisotopic (exact) mass is 446 g/mol. The molecule has 3 aromatic rings. The van der Waals surface area contributed by atoms with E-state index in [0.717, 1.165) is 33.4 Å². The zero-order valence-corrected chi connectivity index (χ0v) is 20.2. The molecule has 5 atom stereocenters. The van der Waals surface area contributed by atoms with E-state index in [1.54, 1.807) is 0 Å². The van der Waals surface area contributed by atoms with Crippen molar-refractivity contribution in [1.82, 2.24) is 0 Å². The molecule has 5 unspecified atom stereocenters.